The third-order valence-corrected chi connectivity index (χ3v) is 5.50. The quantitative estimate of drug-likeness (QED) is 0.681. The maximum Gasteiger partial charge on any atom is 0.411 e. The number of hydrogen-bond acceptors (Lipinski definition) is 4. The van der Waals surface area contributed by atoms with E-state index < -0.39 is 4.93 Å². The molecule has 128 valence electrons. The third kappa shape index (κ3) is 5.07. The van der Waals surface area contributed by atoms with Crippen LogP contribution in [0.3, 0.4) is 0 Å². The van der Waals surface area contributed by atoms with Crippen molar-refractivity contribution in [2.75, 3.05) is 26.2 Å². The normalized spacial score (nSPS) is 16.9. The van der Waals surface area contributed by atoms with Gasteiger partial charge in [-0.2, -0.15) is 0 Å². The zero-order chi connectivity index (χ0) is 16.6. The van der Waals surface area contributed by atoms with Gasteiger partial charge in [0.2, 0.25) is 0 Å². The summed E-state index contributed by atoms with van der Waals surface area (Å²) in [5.74, 6) is 0. The molecule has 0 spiro atoms. The molecule has 0 heterocycles. The second-order valence-electron chi connectivity index (χ2n) is 5.55. The molecule has 5 nitrogen and oxygen atoms in total. The van der Waals surface area contributed by atoms with E-state index >= 15 is 0 Å². The number of hydrogen-bond donors (Lipinski definition) is 0. The first-order valence-electron chi connectivity index (χ1n) is 8.47. The first-order chi connectivity index (χ1) is 10.5. The van der Waals surface area contributed by atoms with Crippen molar-refractivity contribution in [3.8, 4) is 0 Å². The van der Waals surface area contributed by atoms with E-state index in [1.807, 2.05) is 27.7 Å². The fraction of sp³-hybridized carbons (Fsp3) is 0.875. The monoisotopic (exact) mass is 330 g/mol. The topological polar surface area (TPSA) is 49.9 Å². The number of carbonyl (C=O) groups excluding carboxylic acids is 2. The Hall–Kier alpha value is -0.910. The molecule has 1 aliphatic carbocycles. The Labute approximate surface area is 138 Å². The van der Waals surface area contributed by atoms with Crippen molar-refractivity contribution >= 4 is 23.1 Å². The highest BCUT2D eigenvalue weighted by atomic mass is 32.2. The van der Waals surface area contributed by atoms with Gasteiger partial charge in [0.25, 0.3) is 5.24 Å². The van der Waals surface area contributed by atoms with Crippen LogP contribution in [0.25, 0.3) is 0 Å². The summed E-state index contributed by atoms with van der Waals surface area (Å²) in [6.45, 7) is 10.4. The van der Waals surface area contributed by atoms with Gasteiger partial charge in [0.05, 0.1) is 0 Å². The van der Waals surface area contributed by atoms with Gasteiger partial charge in [-0.1, -0.05) is 6.42 Å². The Morgan fingerprint density at radius 2 is 1.41 bits per heavy atom. The summed E-state index contributed by atoms with van der Waals surface area (Å²) in [5.41, 5.74) is 0. The lowest BCUT2D eigenvalue weighted by molar-refractivity contribution is 0.0279. The number of carbonyl (C=O) groups is 2. The van der Waals surface area contributed by atoms with Crippen LogP contribution < -0.4 is 0 Å². The van der Waals surface area contributed by atoms with Gasteiger partial charge >= 0.3 is 6.09 Å². The molecule has 0 atom stereocenters. The van der Waals surface area contributed by atoms with Crippen LogP contribution in [0.4, 0.5) is 9.59 Å². The van der Waals surface area contributed by atoms with Gasteiger partial charge in [-0.15, -0.1) is 0 Å². The van der Waals surface area contributed by atoms with E-state index in [1.54, 1.807) is 9.80 Å². The second kappa shape index (κ2) is 9.28. The summed E-state index contributed by atoms with van der Waals surface area (Å²) in [4.78, 5) is 27.6. The summed E-state index contributed by atoms with van der Waals surface area (Å²) < 4.78 is 5.84. The van der Waals surface area contributed by atoms with Crippen molar-refractivity contribution in [1.29, 1.82) is 0 Å². The molecule has 1 fully saturated rings. The average Bonchev–Trinajstić information content (AvgIpc) is 2.50. The van der Waals surface area contributed by atoms with Gasteiger partial charge in [0, 0.05) is 26.2 Å². The van der Waals surface area contributed by atoms with Crippen molar-refractivity contribution < 1.29 is 14.3 Å². The number of amides is 2. The molecule has 0 radical (unpaired) electrons. The molecule has 0 unspecified atom stereocenters. The molecule has 0 aliphatic heterocycles. The standard InChI is InChI=1S/C16H30N2O3S/c1-5-17(6-2)14(19)21-16(12-10-9-11-13-16)22-15(20)18(7-3)8-4/h5-13H2,1-4H3. The molecule has 1 saturated carbocycles. The molecule has 0 aromatic heterocycles. The Balaban J connectivity index is 2.81. The lowest BCUT2D eigenvalue weighted by Crippen LogP contribution is -2.42. The van der Waals surface area contributed by atoms with E-state index in [2.05, 4.69) is 0 Å². The zero-order valence-electron chi connectivity index (χ0n) is 14.4. The Morgan fingerprint density at radius 3 is 1.86 bits per heavy atom. The summed E-state index contributed by atoms with van der Waals surface area (Å²) >= 11 is 1.21. The molecular formula is C16H30N2O3S. The number of thioether (sulfide) groups is 1. The van der Waals surface area contributed by atoms with Crippen molar-refractivity contribution in [3.63, 3.8) is 0 Å². The minimum absolute atomic E-state index is 0.0132. The smallest absolute Gasteiger partial charge is 0.411 e. The van der Waals surface area contributed by atoms with Crippen LogP contribution in [-0.2, 0) is 4.74 Å². The first-order valence-corrected chi connectivity index (χ1v) is 9.29. The van der Waals surface area contributed by atoms with Crippen molar-refractivity contribution in [3.05, 3.63) is 0 Å². The molecule has 2 amide bonds. The van der Waals surface area contributed by atoms with Crippen LogP contribution in [-0.4, -0.2) is 52.2 Å². The van der Waals surface area contributed by atoms with Crippen molar-refractivity contribution in [2.24, 2.45) is 0 Å². The molecule has 0 N–H and O–H groups in total. The van der Waals surface area contributed by atoms with Gasteiger partial charge in [0.1, 0.15) is 0 Å². The fourth-order valence-electron chi connectivity index (χ4n) is 2.73. The molecule has 0 aromatic rings. The van der Waals surface area contributed by atoms with E-state index in [4.69, 9.17) is 4.74 Å². The molecule has 1 aliphatic rings. The largest absolute Gasteiger partial charge is 0.431 e. The van der Waals surface area contributed by atoms with Gasteiger partial charge in [-0.3, -0.25) is 4.79 Å². The van der Waals surface area contributed by atoms with Gasteiger partial charge in [-0.05, 0) is 65.1 Å². The van der Waals surface area contributed by atoms with E-state index in [1.165, 1.54) is 11.8 Å². The molecule has 22 heavy (non-hydrogen) atoms. The lowest BCUT2D eigenvalue weighted by Gasteiger charge is -2.37. The van der Waals surface area contributed by atoms with Crippen LogP contribution >= 0.6 is 11.8 Å². The highest BCUT2D eigenvalue weighted by Gasteiger charge is 2.40. The van der Waals surface area contributed by atoms with Crippen LogP contribution in [0, 0.1) is 0 Å². The van der Waals surface area contributed by atoms with Gasteiger partial charge < -0.3 is 14.5 Å². The predicted molar refractivity (Wildman–Crippen MR) is 91.1 cm³/mol. The zero-order valence-corrected chi connectivity index (χ0v) is 15.2. The Kier molecular flexibility index (Phi) is 8.07. The van der Waals surface area contributed by atoms with E-state index in [0.29, 0.717) is 26.2 Å². The molecule has 6 heteroatoms. The minimum atomic E-state index is -0.683. The number of ether oxygens (including phenoxy) is 1. The van der Waals surface area contributed by atoms with Gasteiger partial charge in [-0.25, -0.2) is 4.79 Å². The number of rotatable bonds is 6. The van der Waals surface area contributed by atoms with Crippen LogP contribution in [0.1, 0.15) is 59.8 Å². The summed E-state index contributed by atoms with van der Waals surface area (Å²) in [6.07, 6.45) is 4.38. The van der Waals surface area contributed by atoms with E-state index in [9.17, 15) is 9.59 Å². The predicted octanol–water partition coefficient (Wildman–Crippen LogP) is 4.32. The molecule has 1 rings (SSSR count). The third-order valence-electron chi connectivity index (χ3n) is 4.21. The molecule has 0 aromatic carbocycles. The lowest BCUT2D eigenvalue weighted by atomic mass is 9.97. The average molecular weight is 330 g/mol. The Morgan fingerprint density at radius 1 is 0.909 bits per heavy atom. The highest BCUT2D eigenvalue weighted by molar-refractivity contribution is 8.14. The van der Waals surface area contributed by atoms with Crippen LogP contribution in [0.15, 0.2) is 0 Å². The first kappa shape index (κ1) is 19.1. The second-order valence-corrected chi connectivity index (χ2v) is 6.85. The Bertz CT molecular complexity index is 334. The summed E-state index contributed by atoms with van der Waals surface area (Å²) in [7, 11) is 0. The number of nitrogens with zero attached hydrogens (tertiary/aromatic N) is 2. The van der Waals surface area contributed by atoms with E-state index in [0.717, 1.165) is 32.1 Å². The van der Waals surface area contributed by atoms with E-state index in [-0.39, 0.29) is 11.3 Å². The van der Waals surface area contributed by atoms with Crippen molar-refractivity contribution in [2.45, 2.75) is 64.7 Å². The minimum Gasteiger partial charge on any atom is -0.431 e. The van der Waals surface area contributed by atoms with Crippen LogP contribution in [0.5, 0.6) is 0 Å². The highest BCUT2D eigenvalue weighted by Crippen LogP contribution is 2.42. The maximum absolute atomic E-state index is 12.5. The SMILES string of the molecule is CCN(CC)C(=O)OC1(SC(=O)N(CC)CC)CCCCC1. The van der Waals surface area contributed by atoms with Crippen LogP contribution in [0.2, 0.25) is 0 Å². The maximum atomic E-state index is 12.5. The van der Waals surface area contributed by atoms with Crippen molar-refractivity contribution in [1.82, 2.24) is 9.80 Å². The molecule has 0 bridgehead atoms. The molecular weight excluding hydrogens is 300 g/mol. The molecule has 0 saturated heterocycles. The summed E-state index contributed by atoms with van der Waals surface area (Å²) in [6, 6.07) is 0. The fourth-order valence-corrected chi connectivity index (χ4v) is 4.04. The van der Waals surface area contributed by atoms with Gasteiger partial charge in [0.15, 0.2) is 4.93 Å². The summed E-state index contributed by atoms with van der Waals surface area (Å²) in [5, 5.41) is 0.0132.